The number of carbonyl (C=O) groups excluding carboxylic acids is 2. The van der Waals surface area contributed by atoms with Crippen molar-refractivity contribution in [1.82, 2.24) is 0 Å². The van der Waals surface area contributed by atoms with Gasteiger partial charge in [-0.1, -0.05) is 71.1 Å². The average molecular weight is 361 g/mol. The number of nitrogens with one attached hydrogen (secondary N) is 2. The van der Waals surface area contributed by atoms with Gasteiger partial charge in [0.05, 0.1) is 0 Å². The van der Waals surface area contributed by atoms with Gasteiger partial charge in [0.15, 0.2) is 0 Å². The zero-order valence-electron chi connectivity index (χ0n) is 16.6. The van der Waals surface area contributed by atoms with Gasteiger partial charge in [0.1, 0.15) is 0 Å². The molecule has 26 heavy (non-hydrogen) atoms. The monoisotopic (exact) mass is 360 g/mol. The summed E-state index contributed by atoms with van der Waals surface area (Å²) in [6, 6.07) is 7.20. The van der Waals surface area contributed by atoms with Crippen LogP contribution >= 0.6 is 0 Å². The number of rotatable bonds is 14. The molecule has 1 aromatic carbocycles. The zero-order chi connectivity index (χ0) is 19.0. The molecule has 0 unspecified atom stereocenters. The van der Waals surface area contributed by atoms with E-state index >= 15 is 0 Å². The van der Waals surface area contributed by atoms with Crippen LogP contribution in [0.4, 0.5) is 11.4 Å². The summed E-state index contributed by atoms with van der Waals surface area (Å²) in [5, 5.41) is 5.62. The summed E-state index contributed by atoms with van der Waals surface area (Å²) in [4.78, 5) is 22.9. The molecule has 1 rings (SSSR count). The number of hydrogen-bond donors (Lipinski definition) is 2. The normalized spacial score (nSPS) is 10.5. The fourth-order valence-corrected chi connectivity index (χ4v) is 3.01. The molecule has 4 heteroatoms. The van der Waals surface area contributed by atoms with Gasteiger partial charge in [-0.05, 0) is 30.7 Å². The molecule has 0 atom stereocenters. The van der Waals surface area contributed by atoms with Crippen LogP contribution < -0.4 is 10.6 Å². The van der Waals surface area contributed by atoms with Crippen molar-refractivity contribution in [2.24, 2.45) is 0 Å². The molecule has 0 spiro atoms. The fraction of sp³-hybridized carbons (Fsp3) is 0.636. The zero-order valence-corrected chi connectivity index (χ0v) is 16.6. The van der Waals surface area contributed by atoms with Crippen LogP contribution in [0.3, 0.4) is 0 Å². The minimum atomic E-state index is -0.0988. The maximum Gasteiger partial charge on any atom is 0.224 e. The summed E-state index contributed by atoms with van der Waals surface area (Å²) < 4.78 is 0. The van der Waals surface area contributed by atoms with Crippen LogP contribution in [0.15, 0.2) is 24.3 Å². The van der Waals surface area contributed by atoms with Gasteiger partial charge in [0.25, 0.3) is 0 Å². The number of anilines is 2. The van der Waals surface area contributed by atoms with Crippen molar-refractivity contribution < 1.29 is 9.59 Å². The molecule has 4 nitrogen and oxygen atoms in total. The Labute approximate surface area is 159 Å². The highest BCUT2D eigenvalue weighted by Gasteiger charge is 2.03. The molecule has 0 radical (unpaired) electrons. The van der Waals surface area contributed by atoms with Crippen LogP contribution in [0, 0.1) is 0 Å². The maximum atomic E-state index is 12.0. The Bertz CT molecular complexity index is 511. The summed E-state index contributed by atoms with van der Waals surface area (Å²) in [5.41, 5.74) is 1.51. The lowest BCUT2D eigenvalue weighted by molar-refractivity contribution is -0.116. The van der Waals surface area contributed by atoms with Gasteiger partial charge in [0, 0.05) is 24.7 Å². The van der Waals surface area contributed by atoms with E-state index in [2.05, 4.69) is 17.6 Å². The smallest absolute Gasteiger partial charge is 0.224 e. The Morgan fingerprint density at radius 2 is 1.12 bits per heavy atom. The number of carbonyl (C=O) groups is 2. The summed E-state index contributed by atoms with van der Waals surface area (Å²) in [7, 11) is 0. The highest BCUT2D eigenvalue weighted by molar-refractivity contribution is 5.92. The van der Waals surface area contributed by atoms with Crippen LogP contribution in [-0.4, -0.2) is 11.8 Å². The van der Waals surface area contributed by atoms with Crippen molar-refractivity contribution in [1.29, 1.82) is 0 Å². The average Bonchev–Trinajstić information content (AvgIpc) is 2.61. The predicted molar refractivity (Wildman–Crippen MR) is 110 cm³/mol. The van der Waals surface area contributed by atoms with E-state index in [-0.39, 0.29) is 11.8 Å². The second-order valence-corrected chi connectivity index (χ2v) is 7.09. The van der Waals surface area contributed by atoms with Crippen LogP contribution in [0.1, 0.15) is 90.9 Å². The van der Waals surface area contributed by atoms with Crippen LogP contribution in [0.2, 0.25) is 0 Å². The molecule has 1 aromatic rings. The molecular formula is C22H36N2O2. The van der Waals surface area contributed by atoms with E-state index in [4.69, 9.17) is 0 Å². The van der Waals surface area contributed by atoms with E-state index in [1.54, 1.807) is 12.1 Å². The first kappa shape index (κ1) is 22.2. The quantitative estimate of drug-likeness (QED) is 0.383. The third-order valence-electron chi connectivity index (χ3n) is 4.50. The predicted octanol–water partition coefficient (Wildman–Crippen LogP) is 6.28. The van der Waals surface area contributed by atoms with Gasteiger partial charge >= 0.3 is 0 Å². The number of benzene rings is 1. The Morgan fingerprint density at radius 3 is 1.58 bits per heavy atom. The van der Waals surface area contributed by atoms with Gasteiger partial charge in [-0.15, -0.1) is 0 Å². The van der Waals surface area contributed by atoms with E-state index < -0.39 is 0 Å². The summed E-state index contributed by atoms with van der Waals surface area (Å²) in [6.45, 7) is 3.73. The third-order valence-corrected chi connectivity index (χ3v) is 4.50. The molecule has 2 N–H and O–H groups in total. The van der Waals surface area contributed by atoms with E-state index in [1.165, 1.54) is 64.7 Å². The number of amides is 2. The van der Waals surface area contributed by atoms with Gasteiger partial charge in [-0.3, -0.25) is 9.59 Å². The SMILES string of the molecule is CCCCCCCCCCCCCC(=O)Nc1ccc(NC(C)=O)cc1. The molecule has 0 heterocycles. The summed E-state index contributed by atoms with van der Waals surface area (Å²) >= 11 is 0. The summed E-state index contributed by atoms with van der Waals surface area (Å²) in [5.74, 6) is -0.0357. The molecule has 0 bridgehead atoms. The van der Waals surface area contributed by atoms with Crippen molar-refractivity contribution in [3.05, 3.63) is 24.3 Å². The van der Waals surface area contributed by atoms with Crippen molar-refractivity contribution in [3.8, 4) is 0 Å². The van der Waals surface area contributed by atoms with E-state index in [1.807, 2.05) is 12.1 Å². The standard InChI is InChI=1S/C22H36N2O2/c1-3-4-5-6-7-8-9-10-11-12-13-14-22(26)24-21-17-15-20(16-18-21)23-19(2)25/h15-18H,3-14H2,1-2H3,(H,23,25)(H,24,26). The molecule has 0 saturated carbocycles. The number of hydrogen-bond acceptors (Lipinski definition) is 2. The van der Waals surface area contributed by atoms with E-state index in [0.717, 1.165) is 24.2 Å². The fourth-order valence-electron chi connectivity index (χ4n) is 3.01. The molecule has 0 fully saturated rings. The van der Waals surface area contributed by atoms with Crippen molar-refractivity contribution >= 4 is 23.2 Å². The Hall–Kier alpha value is -1.84. The topological polar surface area (TPSA) is 58.2 Å². The molecule has 2 amide bonds. The first-order valence-electron chi connectivity index (χ1n) is 10.3. The van der Waals surface area contributed by atoms with Crippen LogP contribution in [-0.2, 0) is 9.59 Å². The molecule has 0 aliphatic heterocycles. The van der Waals surface area contributed by atoms with E-state index in [9.17, 15) is 9.59 Å². The lowest BCUT2D eigenvalue weighted by atomic mass is 10.1. The largest absolute Gasteiger partial charge is 0.326 e. The lowest BCUT2D eigenvalue weighted by Gasteiger charge is -2.07. The minimum Gasteiger partial charge on any atom is -0.326 e. The molecular weight excluding hydrogens is 324 g/mol. The second kappa shape index (κ2) is 14.3. The lowest BCUT2D eigenvalue weighted by Crippen LogP contribution is -2.11. The maximum absolute atomic E-state index is 12.0. The molecule has 0 aromatic heterocycles. The highest BCUT2D eigenvalue weighted by Crippen LogP contribution is 2.15. The molecule has 0 saturated heterocycles. The van der Waals surface area contributed by atoms with Gasteiger partial charge < -0.3 is 10.6 Å². The van der Waals surface area contributed by atoms with Gasteiger partial charge in [-0.2, -0.15) is 0 Å². The highest BCUT2D eigenvalue weighted by atomic mass is 16.2. The van der Waals surface area contributed by atoms with Crippen LogP contribution in [0.5, 0.6) is 0 Å². The van der Waals surface area contributed by atoms with Crippen molar-refractivity contribution in [3.63, 3.8) is 0 Å². The molecule has 0 aliphatic carbocycles. The van der Waals surface area contributed by atoms with E-state index in [0.29, 0.717) is 6.42 Å². The first-order valence-corrected chi connectivity index (χ1v) is 10.3. The molecule has 146 valence electrons. The third kappa shape index (κ3) is 11.7. The summed E-state index contributed by atoms with van der Waals surface area (Å²) in [6.07, 6.45) is 14.7. The Balaban J connectivity index is 2.00. The number of unbranched alkanes of at least 4 members (excludes halogenated alkanes) is 10. The van der Waals surface area contributed by atoms with Crippen molar-refractivity contribution in [2.75, 3.05) is 10.6 Å². The van der Waals surface area contributed by atoms with Crippen molar-refractivity contribution in [2.45, 2.75) is 90.9 Å². The molecule has 0 aliphatic rings. The van der Waals surface area contributed by atoms with Gasteiger partial charge in [-0.25, -0.2) is 0 Å². The van der Waals surface area contributed by atoms with Crippen LogP contribution in [0.25, 0.3) is 0 Å². The Kier molecular flexibility index (Phi) is 12.2. The Morgan fingerprint density at radius 1 is 0.692 bits per heavy atom. The second-order valence-electron chi connectivity index (χ2n) is 7.09. The minimum absolute atomic E-state index is 0.0631. The van der Waals surface area contributed by atoms with Gasteiger partial charge in [0.2, 0.25) is 11.8 Å². The first-order chi connectivity index (χ1) is 12.6.